The molecule has 5 heteroatoms. The lowest BCUT2D eigenvalue weighted by Gasteiger charge is -2.10. The summed E-state index contributed by atoms with van der Waals surface area (Å²) in [7, 11) is 0. The van der Waals surface area contributed by atoms with Gasteiger partial charge in [0.1, 0.15) is 0 Å². The first-order valence-corrected chi connectivity index (χ1v) is 6.93. The zero-order valence-corrected chi connectivity index (χ0v) is 11.9. The molecule has 2 aromatic rings. The van der Waals surface area contributed by atoms with Crippen LogP contribution in [0.3, 0.4) is 0 Å². The summed E-state index contributed by atoms with van der Waals surface area (Å²) in [6.45, 7) is 3.81. The molecule has 0 aliphatic heterocycles. The van der Waals surface area contributed by atoms with Crippen LogP contribution in [0.25, 0.3) is 5.82 Å². The first-order valence-electron chi connectivity index (χ1n) is 6.55. The third kappa shape index (κ3) is 2.00. The lowest BCUT2D eigenvalue weighted by atomic mass is 9.99. The van der Waals surface area contributed by atoms with Gasteiger partial charge in [0.15, 0.2) is 0 Å². The molecule has 0 aromatic carbocycles. The van der Waals surface area contributed by atoms with Crippen LogP contribution in [-0.4, -0.2) is 9.78 Å². The predicted molar refractivity (Wildman–Crippen MR) is 73.7 cm³/mol. The van der Waals surface area contributed by atoms with E-state index < -0.39 is 0 Å². The van der Waals surface area contributed by atoms with Gasteiger partial charge in [0.25, 0.3) is 0 Å². The Morgan fingerprint density at radius 3 is 2.74 bits per heavy atom. The molecule has 2 aromatic heterocycles. The average molecular weight is 278 g/mol. The molecule has 0 atom stereocenters. The molecule has 0 amide bonds. The molecule has 0 fully saturated rings. The van der Waals surface area contributed by atoms with Crippen molar-refractivity contribution in [1.82, 2.24) is 9.78 Å². The van der Waals surface area contributed by atoms with Crippen LogP contribution >= 0.6 is 11.6 Å². The Balaban J connectivity index is 2.20. The Hall–Kier alpha value is -1.55. The summed E-state index contributed by atoms with van der Waals surface area (Å²) in [5, 5.41) is 17.2. The second kappa shape index (κ2) is 4.53. The summed E-state index contributed by atoms with van der Waals surface area (Å²) in [4.78, 5) is 0. The van der Waals surface area contributed by atoms with E-state index in [0.717, 1.165) is 52.8 Å². The molecule has 19 heavy (non-hydrogen) atoms. The van der Waals surface area contributed by atoms with Crippen molar-refractivity contribution in [2.75, 3.05) is 0 Å². The fraction of sp³-hybridized carbons (Fsp3) is 0.429. The van der Waals surface area contributed by atoms with Crippen molar-refractivity contribution in [2.24, 2.45) is 0 Å². The second-order valence-electron chi connectivity index (χ2n) is 5.18. The molecule has 1 aliphatic carbocycles. The van der Waals surface area contributed by atoms with Gasteiger partial charge in [0, 0.05) is 11.1 Å². The summed E-state index contributed by atoms with van der Waals surface area (Å²) < 4.78 is 2.45. The maximum atomic E-state index is 12.1. The van der Waals surface area contributed by atoms with Gasteiger partial charge >= 0.3 is 5.82 Å². The summed E-state index contributed by atoms with van der Waals surface area (Å²) in [6, 6.07) is 1.97. The summed E-state index contributed by atoms with van der Waals surface area (Å²) >= 11 is 6.41. The molecular formula is C14H16ClN3O. The highest BCUT2D eigenvalue weighted by molar-refractivity contribution is 6.30. The van der Waals surface area contributed by atoms with E-state index >= 15 is 0 Å². The molecule has 0 saturated heterocycles. The standard InChI is InChI=1S/C14H16ClN3O/c1-9-7-10(2)14(17(19)8-9)18-13(15)11-5-3-4-6-12(11)16-18/h7-8H,3-6H2,1-2H3. The Morgan fingerprint density at radius 1 is 1.32 bits per heavy atom. The van der Waals surface area contributed by atoms with Crippen LogP contribution in [-0.2, 0) is 12.8 Å². The van der Waals surface area contributed by atoms with Gasteiger partial charge in [-0.05, 0) is 62.8 Å². The van der Waals surface area contributed by atoms with Gasteiger partial charge in [-0.2, -0.15) is 0 Å². The molecule has 0 radical (unpaired) electrons. The summed E-state index contributed by atoms with van der Waals surface area (Å²) in [5.74, 6) is 0.505. The van der Waals surface area contributed by atoms with E-state index in [9.17, 15) is 5.21 Å². The van der Waals surface area contributed by atoms with Crippen molar-refractivity contribution in [2.45, 2.75) is 39.5 Å². The van der Waals surface area contributed by atoms with Crippen LogP contribution < -0.4 is 4.73 Å². The molecule has 100 valence electrons. The Kier molecular flexibility index (Phi) is 2.97. The third-order valence-corrected chi connectivity index (χ3v) is 4.01. The minimum absolute atomic E-state index is 0.505. The van der Waals surface area contributed by atoms with Gasteiger partial charge < -0.3 is 5.21 Å². The van der Waals surface area contributed by atoms with Crippen molar-refractivity contribution < 1.29 is 4.73 Å². The highest BCUT2D eigenvalue weighted by Gasteiger charge is 2.27. The Morgan fingerprint density at radius 2 is 2.05 bits per heavy atom. The van der Waals surface area contributed by atoms with E-state index in [-0.39, 0.29) is 0 Å². The normalized spacial score (nSPS) is 14.5. The lowest BCUT2D eigenvalue weighted by molar-refractivity contribution is -0.600. The van der Waals surface area contributed by atoms with Crippen LogP contribution in [0, 0.1) is 19.1 Å². The van der Waals surface area contributed by atoms with Gasteiger partial charge in [0.05, 0.1) is 11.9 Å². The van der Waals surface area contributed by atoms with Gasteiger partial charge in [0.2, 0.25) is 5.15 Å². The monoisotopic (exact) mass is 277 g/mol. The Labute approximate surface area is 117 Å². The van der Waals surface area contributed by atoms with E-state index in [4.69, 9.17) is 11.6 Å². The zero-order chi connectivity index (χ0) is 13.6. The largest absolute Gasteiger partial charge is 0.711 e. The summed E-state index contributed by atoms with van der Waals surface area (Å²) in [5.41, 5.74) is 3.96. The van der Waals surface area contributed by atoms with Gasteiger partial charge in [-0.1, -0.05) is 9.78 Å². The number of hydrogen-bond acceptors (Lipinski definition) is 2. The van der Waals surface area contributed by atoms with Crippen molar-refractivity contribution >= 4 is 11.6 Å². The number of nitrogens with zero attached hydrogens (tertiary/aromatic N) is 3. The number of halogens is 1. The molecule has 1 aliphatic rings. The number of aryl methyl sites for hydroxylation is 3. The molecule has 4 nitrogen and oxygen atoms in total. The van der Waals surface area contributed by atoms with E-state index in [0.29, 0.717) is 11.0 Å². The molecule has 0 N–H and O–H groups in total. The number of rotatable bonds is 1. The maximum Gasteiger partial charge on any atom is 0.314 e. The fourth-order valence-corrected chi connectivity index (χ4v) is 3.10. The number of aromatic nitrogens is 3. The van der Waals surface area contributed by atoms with Crippen LogP contribution in [0.2, 0.25) is 5.15 Å². The topological polar surface area (TPSA) is 44.8 Å². The van der Waals surface area contributed by atoms with Crippen LogP contribution in [0.15, 0.2) is 12.3 Å². The second-order valence-corrected chi connectivity index (χ2v) is 5.54. The molecule has 0 bridgehead atoms. The molecule has 0 unspecified atom stereocenters. The number of pyridine rings is 1. The van der Waals surface area contributed by atoms with Crippen molar-refractivity contribution in [1.29, 1.82) is 0 Å². The van der Waals surface area contributed by atoms with Crippen LogP contribution in [0.1, 0.15) is 35.2 Å². The Bertz CT molecular complexity index is 625. The van der Waals surface area contributed by atoms with E-state index in [1.165, 1.54) is 0 Å². The predicted octanol–water partition coefficient (Wildman–Crippen LogP) is 2.65. The molecular weight excluding hydrogens is 262 g/mol. The molecule has 0 spiro atoms. The van der Waals surface area contributed by atoms with Gasteiger partial charge in [-0.3, -0.25) is 0 Å². The minimum Gasteiger partial charge on any atom is -0.711 e. The minimum atomic E-state index is 0.505. The highest BCUT2D eigenvalue weighted by atomic mass is 35.5. The number of fused-ring (bicyclic) bond motifs is 1. The smallest absolute Gasteiger partial charge is 0.314 e. The number of hydrogen-bond donors (Lipinski definition) is 0. The average Bonchev–Trinajstić information content (AvgIpc) is 2.66. The van der Waals surface area contributed by atoms with Crippen LogP contribution in [0.4, 0.5) is 0 Å². The van der Waals surface area contributed by atoms with Crippen LogP contribution in [0.5, 0.6) is 0 Å². The zero-order valence-electron chi connectivity index (χ0n) is 11.1. The van der Waals surface area contributed by atoms with Crippen molar-refractivity contribution in [3.8, 4) is 5.82 Å². The van der Waals surface area contributed by atoms with Gasteiger partial charge in [-0.25, -0.2) is 4.73 Å². The molecule has 2 heterocycles. The first kappa shape index (κ1) is 12.5. The van der Waals surface area contributed by atoms with E-state index in [2.05, 4.69) is 5.10 Å². The lowest BCUT2D eigenvalue weighted by Crippen LogP contribution is -2.34. The quantitative estimate of drug-likeness (QED) is 0.594. The molecule has 3 rings (SSSR count). The van der Waals surface area contributed by atoms with E-state index in [1.54, 1.807) is 10.9 Å². The fourth-order valence-electron chi connectivity index (χ4n) is 2.78. The first-order chi connectivity index (χ1) is 9.08. The maximum absolute atomic E-state index is 12.1. The third-order valence-electron chi connectivity index (χ3n) is 3.62. The van der Waals surface area contributed by atoms with Crippen molar-refractivity contribution in [3.05, 3.63) is 45.0 Å². The van der Waals surface area contributed by atoms with E-state index in [1.807, 2.05) is 19.9 Å². The SMILES string of the molecule is Cc1cc(C)c(-n2nc3c(c2Cl)CCCC3)[n+]([O-])c1. The van der Waals surface area contributed by atoms with Gasteiger partial charge in [-0.15, -0.1) is 0 Å². The van der Waals surface area contributed by atoms with Crippen molar-refractivity contribution in [3.63, 3.8) is 0 Å². The summed E-state index contributed by atoms with van der Waals surface area (Å²) in [6.07, 6.45) is 5.75. The molecule has 0 saturated carbocycles. The highest BCUT2D eigenvalue weighted by Crippen LogP contribution is 2.29.